The number of H-pyrrole nitrogens is 1. The van der Waals surface area contributed by atoms with Crippen LogP contribution in [0.5, 0.6) is 0 Å². The molecule has 1 aliphatic heterocycles. The summed E-state index contributed by atoms with van der Waals surface area (Å²) in [6.07, 6.45) is 5.65. The van der Waals surface area contributed by atoms with Gasteiger partial charge in [0.05, 0.1) is 16.9 Å². The Morgan fingerprint density at radius 2 is 1.53 bits per heavy atom. The van der Waals surface area contributed by atoms with Gasteiger partial charge in [-0.2, -0.15) is 0 Å². The summed E-state index contributed by atoms with van der Waals surface area (Å²) in [6.45, 7) is 5.05. The third-order valence-corrected chi connectivity index (χ3v) is 8.11. The minimum Gasteiger partial charge on any atom is -0.548 e. The monoisotopic (exact) mass is 656 g/mol. The number of hydrogen-bond acceptors (Lipinski definition) is 7. The Labute approximate surface area is 295 Å². The minimum absolute atomic E-state index is 0. The number of nitro benzene ring substituents is 1. The third kappa shape index (κ3) is 10.8. The van der Waals surface area contributed by atoms with Gasteiger partial charge in [0.2, 0.25) is 11.8 Å². The number of nitro groups is 1. The van der Waals surface area contributed by atoms with Gasteiger partial charge in [0.25, 0.3) is 5.69 Å². The molecule has 4 amide bonds. The van der Waals surface area contributed by atoms with Crippen LogP contribution in [-0.2, 0) is 27.2 Å². The number of aliphatic carboxylic acids is 1. The largest absolute Gasteiger partial charge is 1.00 e. The number of nitrogens with zero attached hydrogens (tertiary/aromatic N) is 2. The number of para-hydroxylation sites is 1. The second-order valence-electron chi connectivity index (χ2n) is 12.2. The molecule has 1 aromatic heterocycles. The smallest absolute Gasteiger partial charge is 0.548 e. The quantitative estimate of drug-likeness (QED) is 0.109. The van der Waals surface area contributed by atoms with Gasteiger partial charge in [0.1, 0.15) is 12.1 Å². The van der Waals surface area contributed by atoms with Crippen LogP contribution in [0.2, 0.25) is 0 Å². The normalized spacial score (nSPS) is 15.1. The summed E-state index contributed by atoms with van der Waals surface area (Å²) >= 11 is 0. The van der Waals surface area contributed by atoms with Gasteiger partial charge in [-0.15, -0.1) is 0 Å². The van der Waals surface area contributed by atoms with E-state index in [2.05, 4.69) is 20.9 Å². The first-order valence-corrected chi connectivity index (χ1v) is 15.7. The first-order chi connectivity index (χ1) is 22.0. The van der Waals surface area contributed by atoms with Crippen molar-refractivity contribution in [2.24, 2.45) is 5.92 Å². The van der Waals surface area contributed by atoms with Crippen molar-refractivity contribution < 1.29 is 58.8 Å². The molecule has 246 valence electrons. The van der Waals surface area contributed by atoms with E-state index < -0.39 is 40.8 Å². The maximum atomic E-state index is 13.8. The maximum Gasteiger partial charge on any atom is 1.00 e. The van der Waals surface area contributed by atoms with Crippen LogP contribution in [0.3, 0.4) is 0 Å². The van der Waals surface area contributed by atoms with Crippen LogP contribution in [0, 0.1) is 16.0 Å². The zero-order valence-corrected chi connectivity index (χ0v) is 29.1. The molecule has 13 nitrogen and oxygen atoms in total. The number of amides is 4. The predicted molar refractivity (Wildman–Crippen MR) is 169 cm³/mol. The Morgan fingerprint density at radius 3 is 2.19 bits per heavy atom. The molecule has 0 bridgehead atoms. The number of non-ortho nitro benzene ring substituents is 1. The zero-order chi connectivity index (χ0) is 33.2. The first-order valence-electron chi connectivity index (χ1n) is 15.7. The summed E-state index contributed by atoms with van der Waals surface area (Å²) in [5.74, 6) is -2.89. The Balaban J connectivity index is 0.00000600. The number of carboxylic acids is 1. The fourth-order valence-corrected chi connectivity index (χ4v) is 5.72. The van der Waals surface area contributed by atoms with E-state index in [1.807, 2.05) is 38.1 Å². The van der Waals surface area contributed by atoms with E-state index in [0.29, 0.717) is 30.6 Å². The second kappa shape index (κ2) is 17.8. The van der Waals surface area contributed by atoms with Gasteiger partial charge in [-0.25, -0.2) is 4.79 Å². The van der Waals surface area contributed by atoms with E-state index in [9.17, 15) is 34.4 Å². The van der Waals surface area contributed by atoms with E-state index in [4.69, 9.17) is 0 Å². The van der Waals surface area contributed by atoms with Crippen LogP contribution in [0.1, 0.15) is 57.1 Å². The van der Waals surface area contributed by atoms with Crippen molar-refractivity contribution in [3.05, 3.63) is 76.0 Å². The fourth-order valence-electron chi connectivity index (χ4n) is 5.72. The number of aromatic amines is 1. The molecule has 2 heterocycles. The Bertz CT molecular complexity index is 1550. The SMILES string of the molecule is CC(C)C[C@H](NC(=O)N1CCCCCC1)C(=O)N[C@H](Cc1c[nH]c2ccccc12)C(=O)N[C@H](Cc1cccc([N+](=O)[O-])c1)C(=O)[O-].[Na+]. The molecule has 47 heavy (non-hydrogen) atoms. The van der Waals surface area contributed by atoms with Crippen molar-refractivity contribution >= 4 is 40.4 Å². The van der Waals surface area contributed by atoms with Crippen molar-refractivity contribution in [2.45, 2.75) is 76.9 Å². The molecule has 0 aliphatic carbocycles. The van der Waals surface area contributed by atoms with Crippen molar-refractivity contribution in [3.8, 4) is 0 Å². The van der Waals surface area contributed by atoms with Gasteiger partial charge >= 0.3 is 35.6 Å². The number of carboxylic acid groups (broad SMARTS) is 1. The Hall–Kier alpha value is -3.94. The molecule has 4 N–H and O–H groups in total. The van der Waals surface area contributed by atoms with Gasteiger partial charge in [-0.3, -0.25) is 19.7 Å². The molecule has 0 unspecified atom stereocenters. The summed E-state index contributed by atoms with van der Waals surface area (Å²) < 4.78 is 0. The zero-order valence-electron chi connectivity index (χ0n) is 27.1. The Morgan fingerprint density at radius 1 is 0.872 bits per heavy atom. The van der Waals surface area contributed by atoms with E-state index in [1.165, 1.54) is 24.3 Å². The number of hydrogen-bond donors (Lipinski definition) is 4. The molecule has 14 heteroatoms. The number of urea groups is 1. The van der Waals surface area contributed by atoms with Crippen LogP contribution in [-0.4, -0.2) is 69.8 Å². The van der Waals surface area contributed by atoms with Crippen molar-refractivity contribution in [1.82, 2.24) is 25.8 Å². The molecule has 1 aliphatic rings. The van der Waals surface area contributed by atoms with Gasteiger partial charge in [-0.1, -0.05) is 57.0 Å². The molecule has 0 spiro atoms. The second-order valence-corrected chi connectivity index (χ2v) is 12.2. The average Bonchev–Trinajstić information content (AvgIpc) is 3.22. The van der Waals surface area contributed by atoms with Crippen LogP contribution < -0.4 is 50.6 Å². The van der Waals surface area contributed by atoms with Crippen molar-refractivity contribution in [2.75, 3.05) is 13.1 Å². The molecule has 2 aromatic carbocycles. The summed E-state index contributed by atoms with van der Waals surface area (Å²) in [6, 6.07) is 8.87. The number of rotatable bonds is 13. The standard InChI is InChI=1S/C33H42N6O7.Na/c1-21(2)16-27(37-33(44)38-14-7-3-4-8-15-38)30(40)35-28(19-23-20-34-26-13-6-5-12-25(23)26)31(41)36-29(32(42)43)18-22-10-9-11-24(17-22)39(45)46;/h5-6,9-13,17,20-21,27-29,34H,3-4,7-8,14-16,18-19H2,1-2H3,(H,35,40)(H,36,41)(H,37,44)(H,42,43);/q;+1/p-1/t27-,28+,29+;/m0./s1. The van der Waals surface area contributed by atoms with Crippen LogP contribution in [0.25, 0.3) is 10.9 Å². The Kier molecular flexibility index (Phi) is 14.2. The van der Waals surface area contributed by atoms with Crippen molar-refractivity contribution in [3.63, 3.8) is 0 Å². The molecular formula is C33H41N6NaO7. The van der Waals surface area contributed by atoms with Gasteiger partial charge in [0, 0.05) is 48.7 Å². The summed E-state index contributed by atoms with van der Waals surface area (Å²) in [5, 5.41) is 32.3. The number of fused-ring (bicyclic) bond motifs is 1. The summed E-state index contributed by atoms with van der Waals surface area (Å²) in [7, 11) is 0. The van der Waals surface area contributed by atoms with Gasteiger partial charge in [-0.05, 0) is 48.8 Å². The number of nitrogens with one attached hydrogen (secondary N) is 4. The number of likely N-dealkylation sites (tertiary alicyclic amines) is 1. The van der Waals surface area contributed by atoms with Crippen LogP contribution >= 0.6 is 0 Å². The van der Waals surface area contributed by atoms with Crippen molar-refractivity contribution in [1.29, 1.82) is 0 Å². The van der Waals surface area contributed by atoms with Gasteiger partial charge in [0.15, 0.2) is 0 Å². The number of aromatic nitrogens is 1. The molecular weight excluding hydrogens is 615 g/mol. The van der Waals surface area contributed by atoms with Crippen LogP contribution in [0.4, 0.5) is 10.5 Å². The van der Waals surface area contributed by atoms with Gasteiger partial charge < -0.3 is 35.7 Å². The molecule has 1 fully saturated rings. The molecule has 4 rings (SSSR count). The molecule has 3 atom stereocenters. The third-order valence-electron chi connectivity index (χ3n) is 8.11. The molecule has 3 aromatic rings. The van der Waals surface area contributed by atoms with E-state index >= 15 is 0 Å². The van der Waals surface area contributed by atoms with Crippen LogP contribution in [0.15, 0.2) is 54.7 Å². The minimum atomic E-state index is -1.58. The predicted octanol–water partition coefficient (Wildman–Crippen LogP) is -0.415. The first kappa shape index (κ1) is 37.5. The summed E-state index contributed by atoms with van der Waals surface area (Å²) in [5.41, 5.74) is 1.63. The molecule has 1 saturated heterocycles. The van der Waals surface area contributed by atoms with E-state index in [1.54, 1.807) is 11.1 Å². The number of benzene rings is 2. The fraction of sp³-hybridized carbons (Fsp3) is 0.455. The number of carbonyl (C=O) groups is 4. The molecule has 0 radical (unpaired) electrons. The topological polar surface area (TPSA) is 190 Å². The van der Waals surface area contributed by atoms with E-state index in [-0.39, 0.29) is 60.0 Å². The van der Waals surface area contributed by atoms with E-state index in [0.717, 1.165) is 36.6 Å². The average molecular weight is 657 g/mol. The summed E-state index contributed by atoms with van der Waals surface area (Å²) in [4.78, 5) is 68.3. The maximum absolute atomic E-state index is 13.8. The molecule has 0 saturated carbocycles. The number of carbonyl (C=O) groups excluding carboxylic acids is 4.